The second kappa shape index (κ2) is 16.5. The zero-order valence-corrected chi connectivity index (χ0v) is 28.3. The van der Waals surface area contributed by atoms with Crippen LogP contribution in [0.3, 0.4) is 0 Å². The van der Waals surface area contributed by atoms with Crippen LogP contribution in [0.4, 0.5) is 14.9 Å². The van der Waals surface area contributed by atoms with E-state index in [1.54, 1.807) is 6.07 Å². The number of halogens is 1. The first kappa shape index (κ1) is 34.9. The molecule has 2 aliphatic heterocycles. The number of benzene rings is 1. The van der Waals surface area contributed by atoms with Crippen LogP contribution in [0.25, 0.3) is 5.57 Å². The first-order chi connectivity index (χ1) is 20.4. The van der Waals surface area contributed by atoms with Gasteiger partial charge in [-0.25, -0.2) is 9.18 Å². The van der Waals surface area contributed by atoms with Gasteiger partial charge in [0.15, 0.2) is 0 Å². The van der Waals surface area contributed by atoms with Crippen molar-refractivity contribution < 1.29 is 13.9 Å². The van der Waals surface area contributed by atoms with Gasteiger partial charge in [0.2, 0.25) is 0 Å². The lowest BCUT2D eigenvalue weighted by atomic mass is 9.85. The highest BCUT2D eigenvalue weighted by Crippen LogP contribution is 2.34. The SMILES string of the molecule is CC/C=C(/C(=C\C=C(C)C)c1ccc(N2CCN(CC3CCN(C(=O)OC(C)(C)C)CC3)CC2)c(F)c1)C(C)CCCC. The van der Waals surface area contributed by atoms with E-state index in [-0.39, 0.29) is 11.9 Å². The summed E-state index contributed by atoms with van der Waals surface area (Å²) >= 11 is 0. The molecular formula is C37H58FN3O2. The van der Waals surface area contributed by atoms with Gasteiger partial charge >= 0.3 is 6.09 Å². The Bertz CT molecular complexity index is 1130. The van der Waals surface area contributed by atoms with Crippen molar-refractivity contribution in [3.63, 3.8) is 0 Å². The predicted octanol–water partition coefficient (Wildman–Crippen LogP) is 9.11. The minimum Gasteiger partial charge on any atom is -0.444 e. The molecule has 6 heteroatoms. The molecule has 240 valence electrons. The van der Waals surface area contributed by atoms with Crippen molar-refractivity contribution in [2.75, 3.05) is 50.7 Å². The molecule has 0 saturated carbocycles. The van der Waals surface area contributed by atoms with Gasteiger partial charge in [0.25, 0.3) is 0 Å². The van der Waals surface area contributed by atoms with Crippen molar-refractivity contribution in [1.82, 2.24) is 9.80 Å². The monoisotopic (exact) mass is 595 g/mol. The molecule has 5 nitrogen and oxygen atoms in total. The van der Waals surface area contributed by atoms with E-state index in [9.17, 15) is 4.79 Å². The van der Waals surface area contributed by atoms with Crippen molar-refractivity contribution >= 4 is 17.4 Å². The Morgan fingerprint density at radius 3 is 2.28 bits per heavy atom. The summed E-state index contributed by atoms with van der Waals surface area (Å²) in [6.45, 7) is 22.7. The molecule has 1 aromatic rings. The maximum Gasteiger partial charge on any atom is 0.410 e. The van der Waals surface area contributed by atoms with Crippen molar-refractivity contribution in [2.45, 2.75) is 99.5 Å². The highest BCUT2D eigenvalue weighted by molar-refractivity contribution is 5.81. The van der Waals surface area contributed by atoms with Crippen molar-refractivity contribution in [1.29, 1.82) is 0 Å². The van der Waals surface area contributed by atoms with E-state index in [2.05, 4.69) is 68.7 Å². The zero-order valence-electron chi connectivity index (χ0n) is 28.3. The largest absolute Gasteiger partial charge is 0.444 e. The lowest BCUT2D eigenvalue weighted by molar-refractivity contribution is 0.0169. The Morgan fingerprint density at radius 1 is 1.05 bits per heavy atom. The summed E-state index contributed by atoms with van der Waals surface area (Å²) in [6.07, 6.45) is 13.0. The minimum atomic E-state index is -0.459. The van der Waals surface area contributed by atoms with Crippen LogP contribution in [0.1, 0.15) is 99.5 Å². The first-order valence-corrected chi connectivity index (χ1v) is 16.7. The van der Waals surface area contributed by atoms with Gasteiger partial charge in [-0.15, -0.1) is 0 Å². The smallest absolute Gasteiger partial charge is 0.410 e. The van der Waals surface area contributed by atoms with Gasteiger partial charge in [-0.1, -0.05) is 63.5 Å². The number of allylic oxidation sites excluding steroid dienone is 6. The standard InChI is InChI=1S/C37H58FN3O2/c1-9-11-13-29(5)32(12-10-2)33(16-14-28(3)4)31-15-17-35(34(38)26-31)40-24-22-39(23-25-40)27-30-18-20-41(21-19-30)36(42)43-37(6,7)8/h12,14-17,26,29-30H,9-11,13,18-25,27H2,1-8H3/b32-12+,33-16-. The van der Waals surface area contributed by atoms with Crippen LogP contribution in [-0.2, 0) is 4.74 Å². The van der Waals surface area contributed by atoms with Crippen LogP contribution < -0.4 is 4.90 Å². The van der Waals surface area contributed by atoms with E-state index < -0.39 is 5.60 Å². The van der Waals surface area contributed by atoms with Gasteiger partial charge in [0, 0.05) is 45.8 Å². The second-order valence-electron chi connectivity index (χ2n) is 13.8. The molecule has 43 heavy (non-hydrogen) atoms. The fraction of sp³-hybridized carbons (Fsp3) is 0.649. The van der Waals surface area contributed by atoms with E-state index in [4.69, 9.17) is 4.74 Å². The third kappa shape index (κ3) is 10.8. The quantitative estimate of drug-likeness (QED) is 0.239. The fourth-order valence-electron chi connectivity index (χ4n) is 6.16. The zero-order chi connectivity index (χ0) is 31.6. The number of carbonyl (C=O) groups is 1. The van der Waals surface area contributed by atoms with Crippen LogP contribution in [0.2, 0.25) is 0 Å². The molecule has 0 aliphatic carbocycles. The number of piperazine rings is 1. The van der Waals surface area contributed by atoms with Crippen LogP contribution in [0.15, 0.2) is 47.6 Å². The molecule has 0 bridgehead atoms. The second-order valence-corrected chi connectivity index (χ2v) is 13.8. The summed E-state index contributed by atoms with van der Waals surface area (Å²) in [5.41, 5.74) is 4.90. The Balaban J connectivity index is 1.62. The number of hydrogen-bond acceptors (Lipinski definition) is 4. The summed E-state index contributed by atoms with van der Waals surface area (Å²) in [5, 5.41) is 0. The summed E-state index contributed by atoms with van der Waals surface area (Å²) in [6, 6.07) is 5.86. The van der Waals surface area contributed by atoms with Crippen molar-refractivity contribution in [3.05, 3.63) is 59.0 Å². The average Bonchev–Trinajstić information content (AvgIpc) is 2.95. The molecule has 0 N–H and O–H groups in total. The lowest BCUT2D eigenvalue weighted by Crippen LogP contribution is -2.49. The topological polar surface area (TPSA) is 36.0 Å². The van der Waals surface area contributed by atoms with Crippen LogP contribution in [0.5, 0.6) is 0 Å². The highest BCUT2D eigenvalue weighted by Gasteiger charge is 2.29. The molecule has 2 heterocycles. The number of nitrogens with zero attached hydrogens (tertiary/aromatic N) is 3. The molecule has 2 fully saturated rings. The summed E-state index contributed by atoms with van der Waals surface area (Å²) in [4.78, 5) is 19.0. The van der Waals surface area contributed by atoms with Gasteiger partial charge in [-0.3, -0.25) is 4.90 Å². The summed E-state index contributed by atoms with van der Waals surface area (Å²) in [7, 11) is 0. The van der Waals surface area contributed by atoms with E-state index >= 15 is 4.39 Å². The minimum absolute atomic E-state index is 0.138. The third-order valence-electron chi connectivity index (χ3n) is 8.59. The van der Waals surface area contributed by atoms with E-state index in [1.807, 2.05) is 31.7 Å². The predicted molar refractivity (Wildman–Crippen MR) is 180 cm³/mol. The number of likely N-dealkylation sites (tertiary alicyclic amines) is 1. The normalized spacial score (nSPS) is 18.5. The Kier molecular flexibility index (Phi) is 13.4. The Labute approximate surface area is 261 Å². The lowest BCUT2D eigenvalue weighted by Gasteiger charge is -2.39. The van der Waals surface area contributed by atoms with E-state index in [1.165, 1.54) is 24.0 Å². The number of unbranched alkanes of at least 4 members (excludes halogenated alkanes) is 1. The molecule has 0 aromatic heterocycles. The van der Waals surface area contributed by atoms with Gasteiger partial charge in [-0.05, 0) is 101 Å². The van der Waals surface area contributed by atoms with Gasteiger partial charge in [0.1, 0.15) is 11.4 Å². The fourth-order valence-corrected chi connectivity index (χ4v) is 6.16. The Morgan fingerprint density at radius 2 is 1.72 bits per heavy atom. The van der Waals surface area contributed by atoms with E-state index in [0.29, 0.717) is 17.5 Å². The van der Waals surface area contributed by atoms with Crippen molar-refractivity contribution in [2.24, 2.45) is 11.8 Å². The van der Waals surface area contributed by atoms with Crippen LogP contribution in [-0.4, -0.2) is 67.3 Å². The molecule has 3 rings (SSSR count). The molecule has 1 amide bonds. The highest BCUT2D eigenvalue weighted by atomic mass is 19.1. The molecule has 2 saturated heterocycles. The maximum atomic E-state index is 15.8. The van der Waals surface area contributed by atoms with Crippen LogP contribution in [0, 0.1) is 17.7 Å². The number of piperidine rings is 1. The molecule has 2 aliphatic rings. The van der Waals surface area contributed by atoms with Gasteiger partial charge in [0.05, 0.1) is 5.69 Å². The van der Waals surface area contributed by atoms with E-state index in [0.717, 1.165) is 82.6 Å². The van der Waals surface area contributed by atoms with Gasteiger partial charge < -0.3 is 14.5 Å². The number of ether oxygens (including phenoxy) is 1. The number of hydrogen-bond donors (Lipinski definition) is 0. The maximum absolute atomic E-state index is 15.8. The number of carbonyl (C=O) groups excluding carboxylic acids is 1. The summed E-state index contributed by atoms with van der Waals surface area (Å²) in [5.74, 6) is 0.870. The number of anilines is 1. The third-order valence-corrected chi connectivity index (χ3v) is 8.59. The molecule has 1 aromatic carbocycles. The number of rotatable bonds is 11. The molecule has 1 unspecified atom stereocenters. The molecule has 0 spiro atoms. The Hall–Kier alpha value is -2.60. The molecule has 1 atom stereocenters. The molecular weight excluding hydrogens is 537 g/mol. The first-order valence-electron chi connectivity index (χ1n) is 16.7. The van der Waals surface area contributed by atoms with Gasteiger partial charge in [-0.2, -0.15) is 0 Å². The number of amides is 1. The molecule has 0 radical (unpaired) electrons. The average molecular weight is 596 g/mol. The summed E-state index contributed by atoms with van der Waals surface area (Å²) < 4.78 is 21.3. The van der Waals surface area contributed by atoms with Crippen LogP contribution >= 0.6 is 0 Å². The van der Waals surface area contributed by atoms with Crippen molar-refractivity contribution in [3.8, 4) is 0 Å².